The molecule has 5 rings (SSSR count). The lowest BCUT2D eigenvalue weighted by Gasteiger charge is -2.26. The highest BCUT2D eigenvalue weighted by molar-refractivity contribution is 7.20. The van der Waals surface area contributed by atoms with Gasteiger partial charge in [-0.2, -0.15) is 4.68 Å². The number of nitrogens with one attached hydrogen (secondary N) is 2. The minimum atomic E-state index is -0.735. The van der Waals surface area contributed by atoms with Crippen LogP contribution in [0, 0.1) is 0 Å². The Hall–Kier alpha value is -4.28. The maximum absolute atomic E-state index is 13.3. The van der Waals surface area contributed by atoms with Gasteiger partial charge in [-0.15, -0.1) is 16.4 Å². The molecule has 0 saturated carbocycles. The first-order chi connectivity index (χ1) is 20.2. The van der Waals surface area contributed by atoms with Crippen molar-refractivity contribution in [3.8, 4) is 0 Å². The number of nitrogens with zero attached hydrogens (tertiary/aromatic N) is 3. The van der Waals surface area contributed by atoms with Gasteiger partial charge in [0.25, 0.3) is 11.8 Å². The molecule has 1 fully saturated rings. The van der Waals surface area contributed by atoms with Crippen LogP contribution in [-0.4, -0.2) is 52.3 Å². The maximum Gasteiger partial charge on any atom is 0.436 e. The molecule has 0 radical (unpaired) electrons. The quantitative estimate of drug-likeness (QED) is 0.228. The van der Waals surface area contributed by atoms with Gasteiger partial charge in [0.05, 0.1) is 15.8 Å². The molecule has 42 heavy (non-hydrogen) atoms. The SMILES string of the molecule is C=CCOC(=O)n1nc(NC(=O)c2ccc(CN3CCCCC3)cc2)c2cc(C(=O)NC(C)(C)c3ccccc3)sc21. The number of piperidine rings is 1. The summed E-state index contributed by atoms with van der Waals surface area (Å²) in [5.74, 6) is -0.508. The zero-order valence-corrected chi connectivity index (χ0v) is 24.7. The van der Waals surface area contributed by atoms with Crippen LogP contribution in [0.3, 0.4) is 0 Å². The number of aromatic nitrogens is 2. The summed E-state index contributed by atoms with van der Waals surface area (Å²) in [7, 11) is 0. The lowest BCUT2D eigenvalue weighted by atomic mass is 9.94. The number of carbonyl (C=O) groups is 3. The molecule has 0 aliphatic carbocycles. The number of amides is 2. The van der Waals surface area contributed by atoms with Crippen LogP contribution in [0.5, 0.6) is 0 Å². The molecule has 218 valence electrons. The van der Waals surface area contributed by atoms with E-state index in [-0.39, 0.29) is 24.2 Å². The van der Waals surface area contributed by atoms with Gasteiger partial charge in [0.15, 0.2) is 5.82 Å². The normalized spacial score (nSPS) is 14.0. The van der Waals surface area contributed by atoms with Crippen molar-refractivity contribution in [3.63, 3.8) is 0 Å². The Morgan fingerprint density at radius 3 is 2.43 bits per heavy atom. The zero-order valence-electron chi connectivity index (χ0n) is 23.9. The number of rotatable bonds is 9. The Morgan fingerprint density at radius 1 is 1.02 bits per heavy atom. The number of fused-ring (bicyclic) bond motifs is 1. The summed E-state index contributed by atoms with van der Waals surface area (Å²) in [5.41, 5.74) is 1.93. The van der Waals surface area contributed by atoms with E-state index in [1.807, 2.05) is 56.3 Å². The van der Waals surface area contributed by atoms with E-state index in [2.05, 4.69) is 27.2 Å². The van der Waals surface area contributed by atoms with E-state index in [0.29, 0.717) is 20.7 Å². The molecule has 1 aliphatic heterocycles. The summed E-state index contributed by atoms with van der Waals surface area (Å²) in [5, 5.41) is 10.7. The Labute approximate surface area is 249 Å². The van der Waals surface area contributed by atoms with Gasteiger partial charge >= 0.3 is 6.09 Å². The number of thiophene rings is 1. The molecule has 0 unspecified atom stereocenters. The molecule has 0 spiro atoms. The molecule has 1 aliphatic rings. The molecule has 2 amide bonds. The van der Waals surface area contributed by atoms with Gasteiger partial charge in [-0.25, -0.2) is 4.79 Å². The molecule has 0 atom stereocenters. The van der Waals surface area contributed by atoms with E-state index < -0.39 is 11.6 Å². The van der Waals surface area contributed by atoms with E-state index in [1.54, 1.807) is 18.2 Å². The fraction of sp³-hybridized carbons (Fsp3) is 0.312. The second-order valence-electron chi connectivity index (χ2n) is 10.9. The van der Waals surface area contributed by atoms with Gasteiger partial charge in [0, 0.05) is 12.1 Å². The van der Waals surface area contributed by atoms with E-state index >= 15 is 0 Å². The zero-order chi connectivity index (χ0) is 29.7. The van der Waals surface area contributed by atoms with Crippen LogP contribution >= 0.6 is 11.3 Å². The summed E-state index contributed by atoms with van der Waals surface area (Å²) >= 11 is 1.10. The second-order valence-corrected chi connectivity index (χ2v) is 11.9. The number of hydrogen-bond acceptors (Lipinski definition) is 7. The molecule has 2 N–H and O–H groups in total. The second kappa shape index (κ2) is 12.7. The van der Waals surface area contributed by atoms with Gasteiger partial charge < -0.3 is 15.4 Å². The van der Waals surface area contributed by atoms with E-state index in [1.165, 1.54) is 25.3 Å². The largest absolute Gasteiger partial charge is 0.444 e. The third kappa shape index (κ3) is 6.61. The van der Waals surface area contributed by atoms with Gasteiger partial charge in [-0.1, -0.05) is 61.5 Å². The smallest absolute Gasteiger partial charge is 0.436 e. The summed E-state index contributed by atoms with van der Waals surface area (Å²) in [6.45, 7) is 10.5. The minimum Gasteiger partial charge on any atom is -0.444 e. The number of benzene rings is 2. The van der Waals surface area contributed by atoms with Crippen molar-refractivity contribution in [3.05, 3.63) is 94.9 Å². The van der Waals surface area contributed by atoms with Crippen molar-refractivity contribution in [2.24, 2.45) is 0 Å². The van der Waals surface area contributed by atoms with Crippen LogP contribution in [0.4, 0.5) is 10.6 Å². The molecular weight excluding hydrogens is 550 g/mol. The van der Waals surface area contributed by atoms with Gasteiger partial charge in [-0.05, 0) is 69.1 Å². The number of anilines is 1. The van der Waals surface area contributed by atoms with Gasteiger partial charge in [0.2, 0.25) is 0 Å². The van der Waals surface area contributed by atoms with Crippen molar-refractivity contribution in [1.82, 2.24) is 20.0 Å². The number of hydrogen-bond donors (Lipinski definition) is 2. The highest BCUT2D eigenvalue weighted by Crippen LogP contribution is 2.33. The molecular formula is C32H35N5O4S. The van der Waals surface area contributed by atoms with Crippen molar-refractivity contribution < 1.29 is 19.1 Å². The first-order valence-corrected chi connectivity index (χ1v) is 14.9. The molecule has 1 saturated heterocycles. The lowest BCUT2D eigenvalue weighted by Crippen LogP contribution is -2.40. The predicted molar refractivity (Wildman–Crippen MR) is 165 cm³/mol. The Kier molecular flexibility index (Phi) is 8.84. The average Bonchev–Trinajstić information content (AvgIpc) is 3.58. The summed E-state index contributed by atoms with van der Waals surface area (Å²) in [6.07, 6.45) is 4.45. The predicted octanol–water partition coefficient (Wildman–Crippen LogP) is 6.17. The Bertz CT molecular complexity index is 1580. The molecule has 4 aromatic rings. The van der Waals surface area contributed by atoms with Crippen molar-refractivity contribution in [2.75, 3.05) is 25.0 Å². The monoisotopic (exact) mass is 585 g/mol. The summed E-state index contributed by atoms with van der Waals surface area (Å²) in [6, 6.07) is 18.8. The third-order valence-corrected chi connectivity index (χ3v) is 8.42. The van der Waals surface area contributed by atoms with E-state index in [9.17, 15) is 14.4 Å². The highest BCUT2D eigenvalue weighted by atomic mass is 32.1. The molecule has 2 aromatic heterocycles. The van der Waals surface area contributed by atoms with Gasteiger partial charge in [0.1, 0.15) is 11.4 Å². The van der Waals surface area contributed by atoms with Crippen molar-refractivity contribution >= 4 is 45.3 Å². The Balaban J connectivity index is 1.37. The van der Waals surface area contributed by atoms with E-state index in [4.69, 9.17) is 4.74 Å². The number of carbonyl (C=O) groups excluding carboxylic acids is 3. The maximum atomic E-state index is 13.3. The molecule has 9 nitrogen and oxygen atoms in total. The Morgan fingerprint density at radius 2 is 1.74 bits per heavy atom. The van der Waals surface area contributed by atoms with E-state index in [0.717, 1.165) is 46.8 Å². The fourth-order valence-electron chi connectivity index (χ4n) is 5.02. The molecule has 2 aromatic carbocycles. The topological polar surface area (TPSA) is 106 Å². The third-order valence-electron chi connectivity index (χ3n) is 7.31. The first-order valence-electron chi connectivity index (χ1n) is 14.1. The van der Waals surface area contributed by atoms with Crippen LogP contribution in [0.1, 0.15) is 64.3 Å². The lowest BCUT2D eigenvalue weighted by molar-refractivity contribution is 0.0915. The fourth-order valence-corrected chi connectivity index (χ4v) is 6.01. The first kappa shape index (κ1) is 29.2. The van der Waals surface area contributed by atoms with Crippen molar-refractivity contribution in [2.45, 2.75) is 45.2 Å². The van der Waals surface area contributed by atoms with Crippen LogP contribution in [0.25, 0.3) is 10.2 Å². The molecule has 10 heteroatoms. The highest BCUT2D eigenvalue weighted by Gasteiger charge is 2.27. The molecule has 0 bridgehead atoms. The van der Waals surface area contributed by atoms with Crippen molar-refractivity contribution in [1.29, 1.82) is 0 Å². The number of likely N-dealkylation sites (tertiary alicyclic amines) is 1. The summed E-state index contributed by atoms with van der Waals surface area (Å²) in [4.78, 5) is 42.5. The van der Waals surface area contributed by atoms with Crippen LogP contribution in [-0.2, 0) is 16.8 Å². The van der Waals surface area contributed by atoms with Gasteiger partial charge in [-0.3, -0.25) is 14.5 Å². The molecule has 3 heterocycles. The van der Waals surface area contributed by atoms with Crippen LogP contribution in [0.15, 0.2) is 73.3 Å². The van der Waals surface area contributed by atoms with Crippen LogP contribution in [0.2, 0.25) is 0 Å². The summed E-state index contributed by atoms with van der Waals surface area (Å²) < 4.78 is 6.27. The average molecular weight is 586 g/mol. The number of ether oxygens (including phenoxy) is 1. The standard InChI is InChI=1S/C32H35N5O4S/c1-4-19-41-31(40)37-30-25(20-26(42-30)29(39)34-32(2,3)24-11-7-5-8-12-24)27(35-37)33-28(38)23-15-13-22(14-16-23)21-36-17-9-6-10-18-36/h4-5,7-8,11-16,20H,1,6,9-10,17-19,21H2,2-3H3,(H,34,39)(H,33,35,38). The van der Waals surface area contributed by atoms with Crippen LogP contribution < -0.4 is 10.6 Å². The minimum absolute atomic E-state index is 0.00433.